The van der Waals surface area contributed by atoms with Crippen LogP contribution in [0.4, 0.5) is 0 Å². The second-order valence-electron chi connectivity index (χ2n) is 5.58. The topological polar surface area (TPSA) is 23.6 Å². The van der Waals surface area contributed by atoms with Crippen LogP contribution in [-0.4, -0.2) is 55.9 Å². The molecule has 0 aromatic rings. The average molecular weight is 256 g/mol. The van der Waals surface area contributed by atoms with Gasteiger partial charge in [-0.05, 0) is 45.9 Å². The van der Waals surface area contributed by atoms with Gasteiger partial charge in [-0.1, -0.05) is 27.2 Å². The molecular weight excluding hydrogens is 224 g/mol. The van der Waals surface area contributed by atoms with Crippen molar-refractivity contribution in [2.75, 3.05) is 33.7 Å². The number of rotatable bonds is 5. The molecule has 3 nitrogen and oxygen atoms in total. The quantitative estimate of drug-likeness (QED) is 0.707. The van der Waals surface area contributed by atoms with Crippen molar-refractivity contribution in [1.82, 2.24) is 9.80 Å². The van der Waals surface area contributed by atoms with Gasteiger partial charge >= 0.3 is 0 Å². The van der Waals surface area contributed by atoms with E-state index in [2.05, 4.69) is 37.7 Å². The van der Waals surface area contributed by atoms with Crippen LogP contribution >= 0.6 is 0 Å². The van der Waals surface area contributed by atoms with Crippen LogP contribution in [0.25, 0.3) is 0 Å². The zero-order chi connectivity index (χ0) is 14.0. The summed E-state index contributed by atoms with van der Waals surface area (Å²) in [6.07, 6.45) is 5.53. The molecule has 0 amide bonds. The molecule has 0 saturated carbocycles. The highest BCUT2D eigenvalue weighted by molar-refractivity contribution is 5.48. The van der Waals surface area contributed by atoms with Gasteiger partial charge in [-0.15, -0.1) is 0 Å². The van der Waals surface area contributed by atoms with E-state index in [1.54, 1.807) is 0 Å². The highest BCUT2D eigenvalue weighted by Crippen LogP contribution is 2.15. The highest BCUT2D eigenvalue weighted by atomic mass is 16.1. The Hall–Kier alpha value is -0.410. The van der Waals surface area contributed by atoms with E-state index in [1.807, 2.05) is 6.92 Å². The lowest BCUT2D eigenvalue weighted by molar-refractivity contribution is -0.107. The first-order valence-corrected chi connectivity index (χ1v) is 7.37. The highest BCUT2D eigenvalue weighted by Gasteiger charge is 2.20. The van der Waals surface area contributed by atoms with Crippen molar-refractivity contribution >= 4 is 6.29 Å². The Morgan fingerprint density at radius 2 is 1.78 bits per heavy atom. The Balaban J connectivity index is 0.000000631. The van der Waals surface area contributed by atoms with E-state index in [-0.39, 0.29) is 0 Å². The summed E-state index contributed by atoms with van der Waals surface area (Å²) >= 11 is 0. The third-order valence-electron chi connectivity index (χ3n) is 3.72. The molecule has 1 fully saturated rings. The second kappa shape index (κ2) is 10.5. The van der Waals surface area contributed by atoms with Crippen molar-refractivity contribution in [3.63, 3.8) is 0 Å². The fraction of sp³-hybridized carbons (Fsp3) is 0.933. The van der Waals surface area contributed by atoms with Crippen LogP contribution in [0.3, 0.4) is 0 Å². The second-order valence-corrected chi connectivity index (χ2v) is 5.58. The molecule has 108 valence electrons. The Morgan fingerprint density at radius 1 is 1.28 bits per heavy atom. The molecule has 0 aromatic carbocycles. The van der Waals surface area contributed by atoms with Crippen LogP contribution in [0.1, 0.15) is 46.5 Å². The fourth-order valence-corrected chi connectivity index (χ4v) is 2.19. The van der Waals surface area contributed by atoms with E-state index in [0.717, 1.165) is 18.2 Å². The Kier molecular flexibility index (Phi) is 10.3. The SMILES string of the molecule is CCC(C)CN1CCC(N(C)C)CC1.CCC=O. The van der Waals surface area contributed by atoms with E-state index in [0.29, 0.717) is 6.42 Å². The normalized spacial score (nSPS) is 19.2. The maximum atomic E-state index is 9.17. The van der Waals surface area contributed by atoms with Gasteiger partial charge in [-0.2, -0.15) is 0 Å². The van der Waals surface area contributed by atoms with Gasteiger partial charge in [-0.3, -0.25) is 0 Å². The van der Waals surface area contributed by atoms with Gasteiger partial charge in [0.25, 0.3) is 0 Å². The molecule has 18 heavy (non-hydrogen) atoms. The van der Waals surface area contributed by atoms with Crippen molar-refractivity contribution in [3.8, 4) is 0 Å². The van der Waals surface area contributed by atoms with Crippen molar-refractivity contribution in [3.05, 3.63) is 0 Å². The first-order chi connectivity index (χ1) is 8.54. The van der Waals surface area contributed by atoms with E-state index < -0.39 is 0 Å². The molecule has 0 aromatic heterocycles. The maximum absolute atomic E-state index is 9.17. The molecule has 1 aliphatic rings. The Bertz CT molecular complexity index is 199. The minimum absolute atomic E-state index is 0.639. The number of piperidine rings is 1. The fourth-order valence-electron chi connectivity index (χ4n) is 2.19. The largest absolute Gasteiger partial charge is 0.306 e. The average Bonchev–Trinajstić information content (AvgIpc) is 2.39. The van der Waals surface area contributed by atoms with E-state index >= 15 is 0 Å². The maximum Gasteiger partial charge on any atom is 0.119 e. The molecule has 1 unspecified atom stereocenters. The molecule has 0 radical (unpaired) electrons. The molecule has 1 rings (SSSR count). The molecule has 3 heteroatoms. The van der Waals surface area contributed by atoms with Crippen LogP contribution in [0.5, 0.6) is 0 Å². The molecule has 1 atom stereocenters. The first kappa shape index (κ1) is 17.6. The lowest BCUT2D eigenvalue weighted by atomic mass is 10.0. The van der Waals surface area contributed by atoms with Gasteiger partial charge in [-0.25, -0.2) is 0 Å². The van der Waals surface area contributed by atoms with Crippen molar-refractivity contribution in [2.45, 2.75) is 52.5 Å². The van der Waals surface area contributed by atoms with Gasteiger partial charge in [0.15, 0.2) is 0 Å². The number of hydrogen-bond acceptors (Lipinski definition) is 3. The van der Waals surface area contributed by atoms with E-state index in [1.165, 1.54) is 38.9 Å². The standard InChI is InChI=1S/C12H26N2.C3H6O/c1-5-11(2)10-14-8-6-12(7-9-14)13(3)4;1-2-3-4/h11-12H,5-10H2,1-4H3;3H,2H2,1H3. The summed E-state index contributed by atoms with van der Waals surface area (Å²) in [5.41, 5.74) is 0. The number of nitrogens with zero attached hydrogens (tertiary/aromatic N) is 2. The minimum Gasteiger partial charge on any atom is -0.306 e. The molecular formula is C15H32N2O. The van der Waals surface area contributed by atoms with Gasteiger partial charge < -0.3 is 14.6 Å². The molecule has 0 spiro atoms. The molecule has 1 saturated heterocycles. The molecule has 0 bridgehead atoms. The van der Waals surface area contributed by atoms with Gasteiger partial charge in [0.2, 0.25) is 0 Å². The molecule has 1 aliphatic heterocycles. The lowest BCUT2D eigenvalue weighted by Gasteiger charge is -2.36. The zero-order valence-electron chi connectivity index (χ0n) is 13.0. The van der Waals surface area contributed by atoms with E-state index in [4.69, 9.17) is 0 Å². The number of carbonyl (C=O) groups is 1. The summed E-state index contributed by atoms with van der Waals surface area (Å²) < 4.78 is 0. The minimum atomic E-state index is 0.639. The van der Waals surface area contributed by atoms with Crippen LogP contribution in [0.2, 0.25) is 0 Å². The van der Waals surface area contributed by atoms with Crippen molar-refractivity contribution in [2.24, 2.45) is 5.92 Å². The molecule has 0 N–H and O–H groups in total. The number of likely N-dealkylation sites (tertiary alicyclic amines) is 1. The van der Waals surface area contributed by atoms with Gasteiger partial charge in [0, 0.05) is 19.0 Å². The zero-order valence-corrected chi connectivity index (χ0v) is 13.0. The lowest BCUT2D eigenvalue weighted by Crippen LogP contribution is -2.43. The van der Waals surface area contributed by atoms with Gasteiger partial charge in [0.05, 0.1) is 0 Å². The third kappa shape index (κ3) is 7.83. The summed E-state index contributed by atoms with van der Waals surface area (Å²) in [4.78, 5) is 14.2. The first-order valence-electron chi connectivity index (χ1n) is 7.37. The number of carbonyl (C=O) groups excluding carboxylic acids is 1. The van der Waals surface area contributed by atoms with Crippen molar-refractivity contribution in [1.29, 1.82) is 0 Å². The van der Waals surface area contributed by atoms with Crippen LogP contribution in [0.15, 0.2) is 0 Å². The predicted octanol–water partition coefficient (Wildman–Crippen LogP) is 2.65. The smallest absolute Gasteiger partial charge is 0.119 e. The molecule has 1 heterocycles. The summed E-state index contributed by atoms with van der Waals surface area (Å²) in [6.45, 7) is 10.4. The Morgan fingerprint density at radius 3 is 2.11 bits per heavy atom. The number of hydrogen-bond donors (Lipinski definition) is 0. The summed E-state index contributed by atoms with van der Waals surface area (Å²) in [6, 6.07) is 0.822. The van der Waals surface area contributed by atoms with Gasteiger partial charge in [0.1, 0.15) is 6.29 Å². The monoisotopic (exact) mass is 256 g/mol. The summed E-state index contributed by atoms with van der Waals surface area (Å²) in [5, 5.41) is 0. The van der Waals surface area contributed by atoms with Crippen LogP contribution in [-0.2, 0) is 4.79 Å². The van der Waals surface area contributed by atoms with Crippen LogP contribution < -0.4 is 0 Å². The third-order valence-corrected chi connectivity index (χ3v) is 3.72. The van der Waals surface area contributed by atoms with Crippen molar-refractivity contribution < 1.29 is 4.79 Å². The summed E-state index contributed by atoms with van der Waals surface area (Å²) in [7, 11) is 4.41. The summed E-state index contributed by atoms with van der Waals surface area (Å²) in [5.74, 6) is 0.867. The Labute approximate surface area is 114 Å². The molecule has 0 aliphatic carbocycles. The van der Waals surface area contributed by atoms with Crippen LogP contribution in [0, 0.1) is 5.92 Å². The number of aldehydes is 1. The van der Waals surface area contributed by atoms with E-state index in [9.17, 15) is 4.79 Å². The predicted molar refractivity (Wildman–Crippen MR) is 79.0 cm³/mol.